The Morgan fingerprint density at radius 3 is 3.32 bits per heavy atom. The lowest BCUT2D eigenvalue weighted by Crippen LogP contribution is -2.44. The summed E-state index contributed by atoms with van der Waals surface area (Å²) < 4.78 is 5.36. The van der Waals surface area contributed by atoms with Gasteiger partial charge in [0.2, 0.25) is 5.91 Å². The van der Waals surface area contributed by atoms with Gasteiger partial charge in [-0.1, -0.05) is 0 Å². The molecular weight excluding hydrogens is 262 g/mol. The van der Waals surface area contributed by atoms with E-state index in [2.05, 4.69) is 23.2 Å². The van der Waals surface area contributed by atoms with Gasteiger partial charge in [0.25, 0.3) is 0 Å². The first-order valence-corrected chi connectivity index (χ1v) is 7.18. The van der Waals surface area contributed by atoms with E-state index in [1.165, 1.54) is 11.3 Å². The first kappa shape index (κ1) is 14.0. The number of ether oxygens (including phenoxy) is 1. The maximum Gasteiger partial charge on any atom is 0.226 e. The molecule has 0 aromatic carbocycles. The lowest BCUT2D eigenvalue weighted by molar-refractivity contribution is -0.117. The number of morpholine rings is 1. The molecule has 1 aromatic rings. The fraction of sp³-hybridized carbons (Fsp3) is 0.538. The molecule has 0 saturated carbocycles. The second kappa shape index (κ2) is 6.66. The summed E-state index contributed by atoms with van der Waals surface area (Å²) in [5, 5.41) is 14.1. The summed E-state index contributed by atoms with van der Waals surface area (Å²) in [7, 11) is 0. The second-order valence-corrected chi connectivity index (χ2v) is 5.45. The zero-order chi connectivity index (χ0) is 13.7. The monoisotopic (exact) mass is 279 g/mol. The van der Waals surface area contributed by atoms with E-state index in [4.69, 9.17) is 10.00 Å². The van der Waals surface area contributed by atoms with Crippen molar-refractivity contribution in [2.45, 2.75) is 19.4 Å². The van der Waals surface area contributed by atoms with Crippen LogP contribution in [0.2, 0.25) is 0 Å². The van der Waals surface area contributed by atoms with Gasteiger partial charge in [-0.15, -0.1) is 11.3 Å². The molecule has 6 heteroatoms. The third-order valence-corrected chi connectivity index (χ3v) is 4.00. The number of nitriles is 1. The first-order chi connectivity index (χ1) is 9.20. The molecule has 1 saturated heterocycles. The fourth-order valence-corrected chi connectivity index (χ4v) is 2.78. The minimum absolute atomic E-state index is 0.0439. The minimum atomic E-state index is -0.0439. The molecule has 102 valence electrons. The summed E-state index contributed by atoms with van der Waals surface area (Å²) in [6.45, 7) is 5.16. The number of amides is 1. The number of nitrogens with zero attached hydrogens (tertiary/aromatic N) is 2. The van der Waals surface area contributed by atoms with E-state index in [1.54, 1.807) is 11.4 Å². The molecule has 0 unspecified atom stereocenters. The van der Waals surface area contributed by atoms with Crippen LogP contribution in [0.1, 0.15) is 18.9 Å². The Labute approximate surface area is 116 Å². The largest absolute Gasteiger partial charge is 0.379 e. The summed E-state index contributed by atoms with van der Waals surface area (Å²) >= 11 is 1.38. The van der Waals surface area contributed by atoms with Crippen molar-refractivity contribution in [2.75, 3.05) is 31.6 Å². The van der Waals surface area contributed by atoms with Gasteiger partial charge >= 0.3 is 0 Å². The Hall–Kier alpha value is -1.42. The molecule has 1 aromatic heterocycles. The van der Waals surface area contributed by atoms with Crippen molar-refractivity contribution in [1.82, 2.24) is 4.90 Å². The van der Waals surface area contributed by atoms with Crippen LogP contribution in [-0.2, 0) is 9.53 Å². The maximum absolute atomic E-state index is 11.9. The Morgan fingerprint density at radius 1 is 1.74 bits per heavy atom. The van der Waals surface area contributed by atoms with Crippen molar-refractivity contribution in [3.05, 3.63) is 17.0 Å². The molecule has 0 bridgehead atoms. The average Bonchev–Trinajstić information content (AvgIpc) is 2.85. The molecule has 1 atom stereocenters. The summed E-state index contributed by atoms with van der Waals surface area (Å²) in [6, 6.07) is 4.13. The van der Waals surface area contributed by atoms with Crippen LogP contribution in [0.5, 0.6) is 0 Å². The molecule has 19 heavy (non-hydrogen) atoms. The van der Waals surface area contributed by atoms with E-state index in [-0.39, 0.29) is 5.91 Å². The SMILES string of the molecule is C[C@H]1COCCN1CCC(=O)Nc1sccc1C#N. The molecule has 2 heterocycles. The standard InChI is InChI=1S/C13H17N3O2S/c1-10-9-18-6-5-16(10)4-2-12(17)15-13-11(8-14)3-7-19-13/h3,7,10H,2,4-6,9H2,1H3,(H,15,17)/t10-/m0/s1. The van der Waals surface area contributed by atoms with E-state index >= 15 is 0 Å². The lowest BCUT2D eigenvalue weighted by atomic mass is 10.2. The third kappa shape index (κ3) is 3.77. The van der Waals surface area contributed by atoms with E-state index < -0.39 is 0 Å². The van der Waals surface area contributed by atoms with Crippen LogP contribution in [0.25, 0.3) is 0 Å². The number of carbonyl (C=O) groups excluding carboxylic acids is 1. The predicted octanol–water partition coefficient (Wildman–Crippen LogP) is 1.67. The van der Waals surface area contributed by atoms with Crippen LogP contribution >= 0.6 is 11.3 Å². The zero-order valence-electron chi connectivity index (χ0n) is 10.9. The number of anilines is 1. The van der Waals surface area contributed by atoms with Crippen LogP contribution in [0.4, 0.5) is 5.00 Å². The van der Waals surface area contributed by atoms with Gasteiger partial charge in [-0.2, -0.15) is 5.26 Å². The van der Waals surface area contributed by atoms with Crippen LogP contribution in [0, 0.1) is 11.3 Å². The van der Waals surface area contributed by atoms with Gasteiger partial charge in [-0.05, 0) is 18.4 Å². The number of hydrogen-bond donors (Lipinski definition) is 1. The third-order valence-electron chi connectivity index (χ3n) is 3.17. The summed E-state index contributed by atoms with van der Waals surface area (Å²) in [5.41, 5.74) is 0.526. The molecule has 0 aliphatic carbocycles. The number of nitrogens with one attached hydrogen (secondary N) is 1. The molecule has 2 rings (SSSR count). The van der Waals surface area contributed by atoms with Crippen LogP contribution in [0.3, 0.4) is 0 Å². The maximum atomic E-state index is 11.9. The Morgan fingerprint density at radius 2 is 2.58 bits per heavy atom. The van der Waals surface area contributed by atoms with Crippen molar-refractivity contribution in [2.24, 2.45) is 0 Å². The molecule has 5 nitrogen and oxygen atoms in total. The average molecular weight is 279 g/mol. The number of carbonyl (C=O) groups is 1. The highest BCUT2D eigenvalue weighted by Gasteiger charge is 2.19. The smallest absolute Gasteiger partial charge is 0.226 e. The van der Waals surface area contributed by atoms with Crippen molar-refractivity contribution >= 4 is 22.2 Å². The van der Waals surface area contributed by atoms with Crippen molar-refractivity contribution in [3.63, 3.8) is 0 Å². The number of thiophene rings is 1. The molecule has 1 amide bonds. The van der Waals surface area contributed by atoms with Crippen molar-refractivity contribution in [1.29, 1.82) is 5.26 Å². The summed E-state index contributed by atoms with van der Waals surface area (Å²) in [6.07, 6.45) is 0.438. The normalized spacial score (nSPS) is 19.9. The molecule has 1 aliphatic rings. The quantitative estimate of drug-likeness (QED) is 0.910. The predicted molar refractivity (Wildman–Crippen MR) is 74.1 cm³/mol. The van der Waals surface area contributed by atoms with Gasteiger partial charge < -0.3 is 10.1 Å². The Balaban J connectivity index is 1.80. The van der Waals surface area contributed by atoms with E-state index in [9.17, 15) is 4.79 Å². The highest BCUT2D eigenvalue weighted by molar-refractivity contribution is 7.14. The van der Waals surface area contributed by atoms with Crippen molar-refractivity contribution in [3.8, 4) is 6.07 Å². The number of rotatable bonds is 4. The van der Waals surface area contributed by atoms with Gasteiger partial charge in [-0.3, -0.25) is 9.69 Å². The van der Waals surface area contributed by atoms with Gasteiger partial charge in [0.1, 0.15) is 11.1 Å². The lowest BCUT2D eigenvalue weighted by Gasteiger charge is -2.32. The zero-order valence-corrected chi connectivity index (χ0v) is 11.7. The van der Waals surface area contributed by atoms with Crippen LogP contribution < -0.4 is 5.32 Å². The Kier molecular flexibility index (Phi) is 4.91. The number of hydrogen-bond acceptors (Lipinski definition) is 5. The summed E-state index contributed by atoms with van der Waals surface area (Å²) in [4.78, 5) is 14.1. The van der Waals surface area contributed by atoms with Crippen LogP contribution in [0.15, 0.2) is 11.4 Å². The molecule has 1 fully saturated rings. The molecule has 0 radical (unpaired) electrons. The molecule has 0 spiro atoms. The summed E-state index contributed by atoms with van der Waals surface area (Å²) in [5.74, 6) is -0.0439. The fourth-order valence-electron chi connectivity index (χ4n) is 2.02. The van der Waals surface area contributed by atoms with E-state index in [0.717, 1.165) is 26.3 Å². The Bertz CT molecular complexity index is 480. The highest BCUT2D eigenvalue weighted by Crippen LogP contribution is 2.22. The molecular formula is C13H17N3O2S. The highest BCUT2D eigenvalue weighted by atomic mass is 32.1. The van der Waals surface area contributed by atoms with Crippen molar-refractivity contribution < 1.29 is 9.53 Å². The van der Waals surface area contributed by atoms with E-state index in [1.807, 2.05) is 0 Å². The molecule has 1 N–H and O–H groups in total. The minimum Gasteiger partial charge on any atom is -0.379 e. The van der Waals surface area contributed by atoms with Gasteiger partial charge in [-0.25, -0.2) is 0 Å². The van der Waals surface area contributed by atoms with Gasteiger partial charge in [0.15, 0.2) is 0 Å². The second-order valence-electron chi connectivity index (χ2n) is 4.53. The van der Waals surface area contributed by atoms with Crippen LogP contribution in [-0.4, -0.2) is 43.2 Å². The topological polar surface area (TPSA) is 65.4 Å². The molecule has 1 aliphatic heterocycles. The van der Waals surface area contributed by atoms with E-state index in [0.29, 0.717) is 23.0 Å². The van der Waals surface area contributed by atoms with Gasteiger partial charge in [0.05, 0.1) is 18.8 Å². The van der Waals surface area contributed by atoms with Gasteiger partial charge in [0, 0.05) is 25.6 Å². The first-order valence-electron chi connectivity index (χ1n) is 6.30.